The number of carbonyl (C=O) groups is 1. The maximum Gasteiger partial charge on any atom is 0.307 e. The molecule has 1 heterocycles. The third-order valence-electron chi connectivity index (χ3n) is 1.89. The number of allylic oxidation sites excluding steroid dienone is 1. The van der Waals surface area contributed by atoms with E-state index in [-0.39, 0.29) is 11.9 Å². The molecule has 1 aromatic heterocycles. The van der Waals surface area contributed by atoms with E-state index in [9.17, 15) is 4.79 Å². The molecule has 0 amide bonds. The monoisotopic (exact) mass is 194 g/mol. The summed E-state index contributed by atoms with van der Waals surface area (Å²) in [4.78, 5) is 10.5. The van der Waals surface area contributed by atoms with Gasteiger partial charge in [-0.15, -0.1) is 0 Å². The lowest BCUT2D eigenvalue weighted by Crippen LogP contribution is -1.94. The van der Waals surface area contributed by atoms with Crippen LogP contribution in [0.3, 0.4) is 0 Å². The molecule has 1 rings (SSSR count). The van der Waals surface area contributed by atoms with Gasteiger partial charge in [-0.05, 0) is 24.6 Å². The summed E-state index contributed by atoms with van der Waals surface area (Å²) in [6.45, 7) is 3.42. The number of furan rings is 1. The van der Waals surface area contributed by atoms with E-state index in [1.807, 2.05) is 25.1 Å². The molecule has 1 atom stereocenters. The number of hydrogen-bond acceptors (Lipinski definition) is 3. The van der Waals surface area contributed by atoms with E-state index in [4.69, 9.17) is 9.15 Å². The van der Waals surface area contributed by atoms with E-state index in [2.05, 4.69) is 0 Å². The highest BCUT2D eigenvalue weighted by atomic mass is 16.5. The van der Waals surface area contributed by atoms with E-state index in [0.29, 0.717) is 0 Å². The molecule has 14 heavy (non-hydrogen) atoms. The highest BCUT2D eigenvalue weighted by Crippen LogP contribution is 2.20. The van der Waals surface area contributed by atoms with Gasteiger partial charge in [-0.2, -0.15) is 0 Å². The zero-order valence-corrected chi connectivity index (χ0v) is 8.40. The lowest BCUT2D eigenvalue weighted by molar-refractivity contribution is -0.135. The Labute approximate surface area is 83.4 Å². The van der Waals surface area contributed by atoms with Crippen LogP contribution in [0, 0.1) is 0 Å². The second-order valence-electron chi connectivity index (χ2n) is 2.97. The van der Waals surface area contributed by atoms with Gasteiger partial charge < -0.3 is 9.15 Å². The van der Waals surface area contributed by atoms with Gasteiger partial charge >= 0.3 is 5.97 Å². The van der Waals surface area contributed by atoms with Crippen LogP contribution < -0.4 is 0 Å². The van der Waals surface area contributed by atoms with Gasteiger partial charge in [-0.1, -0.05) is 6.92 Å². The van der Waals surface area contributed by atoms with Crippen LogP contribution in [0.15, 0.2) is 35.2 Å². The van der Waals surface area contributed by atoms with Crippen molar-refractivity contribution >= 4 is 5.97 Å². The Morgan fingerprint density at radius 3 is 3.00 bits per heavy atom. The summed E-state index contributed by atoms with van der Waals surface area (Å²) >= 11 is 0. The Hall–Kier alpha value is -1.51. The van der Waals surface area contributed by atoms with Crippen molar-refractivity contribution in [3.05, 3.63) is 36.5 Å². The Balaban J connectivity index is 2.56. The SMILES string of the molecule is CC[C@@H](/C=C/OC(C)=O)c1ccco1. The fourth-order valence-corrected chi connectivity index (χ4v) is 1.16. The lowest BCUT2D eigenvalue weighted by atomic mass is 10.0. The van der Waals surface area contributed by atoms with Crippen molar-refractivity contribution in [1.82, 2.24) is 0 Å². The smallest absolute Gasteiger partial charge is 0.307 e. The van der Waals surface area contributed by atoms with Gasteiger partial charge in [0.15, 0.2) is 0 Å². The van der Waals surface area contributed by atoms with Gasteiger partial charge in [0.1, 0.15) is 5.76 Å². The number of carbonyl (C=O) groups excluding carboxylic acids is 1. The van der Waals surface area contributed by atoms with Crippen LogP contribution in [-0.2, 0) is 9.53 Å². The van der Waals surface area contributed by atoms with Crippen LogP contribution >= 0.6 is 0 Å². The van der Waals surface area contributed by atoms with E-state index < -0.39 is 0 Å². The highest BCUT2D eigenvalue weighted by Gasteiger charge is 2.07. The van der Waals surface area contributed by atoms with Crippen molar-refractivity contribution in [2.24, 2.45) is 0 Å². The minimum Gasteiger partial charge on any atom is -0.469 e. The van der Waals surface area contributed by atoms with Crippen LogP contribution in [-0.4, -0.2) is 5.97 Å². The van der Waals surface area contributed by atoms with Crippen molar-refractivity contribution in [3.8, 4) is 0 Å². The molecule has 0 N–H and O–H groups in total. The lowest BCUT2D eigenvalue weighted by Gasteiger charge is -2.04. The Morgan fingerprint density at radius 2 is 2.50 bits per heavy atom. The molecule has 0 saturated carbocycles. The molecule has 0 unspecified atom stereocenters. The molecule has 0 aromatic carbocycles. The summed E-state index contributed by atoms with van der Waals surface area (Å²) in [6.07, 6.45) is 5.78. The van der Waals surface area contributed by atoms with Gasteiger partial charge in [0, 0.05) is 12.8 Å². The molecule has 76 valence electrons. The normalized spacial score (nSPS) is 13.0. The number of rotatable bonds is 4. The maximum atomic E-state index is 10.5. The van der Waals surface area contributed by atoms with Gasteiger partial charge in [0.2, 0.25) is 0 Å². The first kappa shape index (κ1) is 10.6. The Bertz CT molecular complexity index is 298. The quantitative estimate of drug-likeness (QED) is 0.546. The third-order valence-corrected chi connectivity index (χ3v) is 1.89. The molecule has 0 aliphatic rings. The largest absolute Gasteiger partial charge is 0.469 e. The molecular formula is C11H14O3. The zero-order valence-electron chi connectivity index (χ0n) is 8.40. The third kappa shape index (κ3) is 3.09. The van der Waals surface area contributed by atoms with Gasteiger partial charge in [0.25, 0.3) is 0 Å². The molecule has 3 nitrogen and oxygen atoms in total. The summed E-state index contributed by atoms with van der Waals surface area (Å²) < 4.78 is 9.96. The summed E-state index contributed by atoms with van der Waals surface area (Å²) in [7, 11) is 0. The Kier molecular flexibility index (Phi) is 3.98. The van der Waals surface area contributed by atoms with Crippen molar-refractivity contribution < 1.29 is 13.9 Å². The van der Waals surface area contributed by atoms with Crippen LogP contribution in [0.2, 0.25) is 0 Å². The first-order valence-corrected chi connectivity index (χ1v) is 4.61. The first-order chi connectivity index (χ1) is 6.74. The van der Waals surface area contributed by atoms with Crippen molar-refractivity contribution in [3.63, 3.8) is 0 Å². The molecule has 1 aromatic rings. The molecule has 0 aliphatic heterocycles. The predicted molar refractivity (Wildman–Crippen MR) is 52.6 cm³/mol. The van der Waals surface area contributed by atoms with Crippen LogP contribution in [0.1, 0.15) is 31.9 Å². The predicted octanol–water partition coefficient (Wildman–Crippen LogP) is 2.85. The Morgan fingerprint density at radius 1 is 1.71 bits per heavy atom. The van der Waals surface area contributed by atoms with Crippen LogP contribution in [0.5, 0.6) is 0 Å². The number of esters is 1. The summed E-state index contributed by atoms with van der Waals surface area (Å²) in [5.74, 6) is 0.746. The number of hydrogen-bond donors (Lipinski definition) is 0. The second-order valence-corrected chi connectivity index (χ2v) is 2.97. The van der Waals surface area contributed by atoms with Gasteiger partial charge in [-0.25, -0.2) is 0 Å². The molecule has 0 saturated heterocycles. The van der Waals surface area contributed by atoms with E-state index in [1.165, 1.54) is 13.2 Å². The molecule has 0 aliphatic carbocycles. The molecular weight excluding hydrogens is 180 g/mol. The first-order valence-electron chi connectivity index (χ1n) is 4.61. The zero-order chi connectivity index (χ0) is 10.4. The topological polar surface area (TPSA) is 39.4 Å². The van der Waals surface area contributed by atoms with Crippen molar-refractivity contribution in [2.75, 3.05) is 0 Å². The molecule has 0 bridgehead atoms. The standard InChI is InChI=1S/C11H14O3/c1-3-10(6-8-13-9(2)12)11-5-4-7-14-11/h4-8,10H,3H2,1-2H3/b8-6+/t10-/m0/s1. The van der Waals surface area contributed by atoms with E-state index in [1.54, 1.807) is 6.26 Å². The molecule has 3 heteroatoms. The summed E-state index contributed by atoms with van der Waals surface area (Å²) in [5.41, 5.74) is 0. The minimum absolute atomic E-state index is 0.171. The van der Waals surface area contributed by atoms with Gasteiger partial charge in [0.05, 0.1) is 12.5 Å². The van der Waals surface area contributed by atoms with Crippen LogP contribution in [0.25, 0.3) is 0 Å². The maximum absolute atomic E-state index is 10.5. The number of ether oxygens (including phenoxy) is 1. The van der Waals surface area contributed by atoms with E-state index >= 15 is 0 Å². The molecule has 0 radical (unpaired) electrons. The fourth-order valence-electron chi connectivity index (χ4n) is 1.16. The second kappa shape index (κ2) is 5.27. The summed E-state index contributed by atoms with van der Waals surface area (Å²) in [6, 6.07) is 3.75. The van der Waals surface area contributed by atoms with Crippen molar-refractivity contribution in [2.45, 2.75) is 26.2 Å². The average molecular weight is 194 g/mol. The average Bonchev–Trinajstić information content (AvgIpc) is 2.64. The van der Waals surface area contributed by atoms with Crippen molar-refractivity contribution in [1.29, 1.82) is 0 Å². The molecule has 0 fully saturated rings. The van der Waals surface area contributed by atoms with Crippen LogP contribution in [0.4, 0.5) is 0 Å². The fraction of sp³-hybridized carbons (Fsp3) is 0.364. The summed E-state index contributed by atoms with van der Waals surface area (Å²) in [5, 5.41) is 0. The van der Waals surface area contributed by atoms with E-state index in [0.717, 1.165) is 12.2 Å². The highest BCUT2D eigenvalue weighted by molar-refractivity contribution is 5.66. The molecule has 0 spiro atoms. The van der Waals surface area contributed by atoms with Gasteiger partial charge in [-0.3, -0.25) is 4.79 Å². The minimum atomic E-state index is -0.310.